The molecule has 33 heavy (non-hydrogen) atoms. The molecule has 0 bridgehead atoms. The van der Waals surface area contributed by atoms with E-state index < -0.39 is 0 Å². The monoisotopic (exact) mass is 446 g/mol. The van der Waals surface area contributed by atoms with Gasteiger partial charge in [0.25, 0.3) is 5.91 Å². The number of fused-ring (bicyclic) bond motifs is 2. The maximum absolute atomic E-state index is 13.3. The van der Waals surface area contributed by atoms with Crippen molar-refractivity contribution in [3.05, 3.63) is 48.0 Å². The predicted molar refractivity (Wildman–Crippen MR) is 126 cm³/mol. The van der Waals surface area contributed by atoms with Gasteiger partial charge in [-0.1, -0.05) is 0 Å². The first-order valence-electron chi connectivity index (χ1n) is 10.9. The number of methoxy groups -OCH3 is 1. The molecular formula is C23H26N8O2. The number of carbonyl (C=O) groups excluding carboxylic acids is 1. The molecule has 0 saturated carbocycles. The van der Waals surface area contributed by atoms with Crippen molar-refractivity contribution >= 4 is 33.8 Å². The zero-order chi connectivity index (χ0) is 23.1. The van der Waals surface area contributed by atoms with Crippen molar-refractivity contribution in [1.29, 1.82) is 0 Å². The van der Waals surface area contributed by atoms with Gasteiger partial charge < -0.3 is 20.3 Å². The van der Waals surface area contributed by atoms with E-state index >= 15 is 0 Å². The summed E-state index contributed by atoms with van der Waals surface area (Å²) in [6.07, 6.45) is 5.02. The number of benzene rings is 1. The van der Waals surface area contributed by atoms with Crippen LogP contribution in [0.15, 0.2) is 36.8 Å². The second-order valence-electron chi connectivity index (χ2n) is 8.46. The summed E-state index contributed by atoms with van der Waals surface area (Å²) in [5.41, 5.74) is 4.01. The van der Waals surface area contributed by atoms with Crippen LogP contribution in [0.1, 0.15) is 29.9 Å². The Morgan fingerprint density at radius 2 is 1.94 bits per heavy atom. The number of carbonyl (C=O) groups is 1. The van der Waals surface area contributed by atoms with E-state index in [9.17, 15) is 4.79 Å². The lowest BCUT2D eigenvalue weighted by molar-refractivity contribution is 0.102. The van der Waals surface area contributed by atoms with Crippen LogP contribution in [0.25, 0.3) is 16.6 Å². The highest BCUT2D eigenvalue weighted by Crippen LogP contribution is 2.31. The highest BCUT2D eigenvalue weighted by atomic mass is 16.5. The lowest BCUT2D eigenvalue weighted by Gasteiger charge is -2.38. The van der Waals surface area contributed by atoms with Crippen molar-refractivity contribution in [2.75, 3.05) is 30.4 Å². The molecule has 1 amide bonds. The largest absolute Gasteiger partial charge is 0.467 e. The fourth-order valence-corrected chi connectivity index (χ4v) is 4.46. The van der Waals surface area contributed by atoms with E-state index in [4.69, 9.17) is 4.74 Å². The Labute approximate surface area is 191 Å². The molecule has 170 valence electrons. The minimum Gasteiger partial charge on any atom is -0.467 e. The van der Waals surface area contributed by atoms with Crippen LogP contribution in [0.5, 0.6) is 6.01 Å². The molecule has 3 aromatic heterocycles. The second kappa shape index (κ2) is 8.28. The van der Waals surface area contributed by atoms with Gasteiger partial charge in [-0.25, -0.2) is 14.5 Å². The standard InChI is InChI=1S/C23H26N8O2/c1-13-11-30(12-14(2)27-13)19-6-5-16(20-17(19)9-25-23(29-20)33-4)22(32)28-18-10-26-31-15(3)7-8-24-21(18)31/h5-10,13-14,27H,11-12H2,1-4H3,(H,28,32)/t13-,14-/m0/s1. The van der Waals surface area contributed by atoms with E-state index in [1.165, 1.54) is 7.11 Å². The highest BCUT2D eigenvalue weighted by Gasteiger charge is 2.25. The summed E-state index contributed by atoms with van der Waals surface area (Å²) < 4.78 is 6.94. The zero-order valence-corrected chi connectivity index (χ0v) is 19.0. The predicted octanol–water partition coefficient (Wildman–Crippen LogP) is 2.43. The van der Waals surface area contributed by atoms with Gasteiger partial charge in [0.2, 0.25) is 0 Å². The third-order valence-corrected chi connectivity index (χ3v) is 5.87. The molecule has 1 aliphatic rings. The lowest BCUT2D eigenvalue weighted by Crippen LogP contribution is -2.54. The van der Waals surface area contributed by atoms with Crippen molar-refractivity contribution in [2.45, 2.75) is 32.9 Å². The van der Waals surface area contributed by atoms with Crippen molar-refractivity contribution in [1.82, 2.24) is 29.9 Å². The van der Waals surface area contributed by atoms with Crippen LogP contribution in [0.4, 0.5) is 11.4 Å². The molecular weight excluding hydrogens is 420 g/mol. The van der Waals surface area contributed by atoms with Crippen LogP contribution in [-0.2, 0) is 0 Å². The Morgan fingerprint density at radius 1 is 1.15 bits per heavy atom. The molecule has 0 spiro atoms. The maximum atomic E-state index is 13.3. The summed E-state index contributed by atoms with van der Waals surface area (Å²) in [5, 5.41) is 11.6. The third kappa shape index (κ3) is 3.82. The first-order chi connectivity index (χ1) is 15.9. The summed E-state index contributed by atoms with van der Waals surface area (Å²) in [5.74, 6) is -0.299. The first-order valence-corrected chi connectivity index (χ1v) is 10.9. The minimum atomic E-state index is -0.299. The number of anilines is 2. The molecule has 2 N–H and O–H groups in total. The number of aromatic nitrogens is 5. The van der Waals surface area contributed by atoms with Crippen molar-refractivity contribution in [3.63, 3.8) is 0 Å². The second-order valence-corrected chi connectivity index (χ2v) is 8.46. The Bertz CT molecular complexity index is 1340. The molecule has 5 rings (SSSR count). The number of nitrogens with zero attached hydrogens (tertiary/aromatic N) is 6. The van der Waals surface area contributed by atoms with Gasteiger partial charge in [-0.3, -0.25) is 4.79 Å². The molecule has 4 aromatic rings. The Hall–Kier alpha value is -3.79. The van der Waals surface area contributed by atoms with E-state index in [-0.39, 0.29) is 11.9 Å². The number of amides is 1. The van der Waals surface area contributed by atoms with Crippen LogP contribution in [0, 0.1) is 6.92 Å². The van der Waals surface area contributed by atoms with Gasteiger partial charge in [0.15, 0.2) is 5.65 Å². The van der Waals surface area contributed by atoms with Gasteiger partial charge in [0.1, 0.15) is 5.69 Å². The lowest BCUT2D eigenvalue weighted by atomic mass is 10.0. The van der Waals surface area contributed by atoms with Gasteiger partial charge in [-0.05, 0) is 39.0 Å². The van der Waals surface area contributed by atoms with Crippen LogP contribution >= 0.6 is 0 Å². The van der Waals surface area contributed by atoms with E-state index in [0.717, 1.165) is 29.9 Å². The maximum Gasteiger partial charge on any atom is 0.316 e. The smallest absolute Gasteiger partial charge is 0.316 e. The molecule has 0 radical (unpaired) electrons. The Kier molecular flexibility index (Phi) is 5.29. The summed E-state index contributed by atoms with van der Waals surface area (Å²) in [7, 11) is 1.51. The molecule has 10 heteroatoms. The number of ether oxygens (including phenoxy) is 1. The topological polar surface area (TPSA) is 110 Å². The average molecular weight is 447 g/mol. The number of nitrogens with one attached hydrogen (secondary N) is 2. The number of hydrogen-bond acceptors (Lipinski definition) is 8. The van der Waals surface area contributed by atoms with Crippen LogP contribution in [-0.4, -0.2) is 62.8 Å². The quantitative estimate of drug-likeness (QED) is 0.492. The Balaban J connectivity index is 1.56. The molecule has 2 atom stereocenters. The van der Waals surface area contributed by atoms with Gasteiger partial charge in [-0.15, -0.1) is 0 Å². The molecule has 1 aliphatic heterocycles. The van der Waals surface area contributed by atoms with Gasteiger partial charge in [0.05, 0.1) is 24.4 Å². The highest BCUT2D eigenvalue weighted by molar-refractivity contribution is 6.14. The summed E-state index contributed by atoms with van der Waals surface area (Å²) in [6.45, 7) is 7.96. The van der Waals surface area contributed by atoms with Gasteiger partial charge >= 0.3 is 6.01 Å². The zero-order valence-electron chi connectivity index (χ0n) is 19.0. The molecule has 0 unspecified atom stereocenters. The molecule has 1 aromatic carbocycles. The number of aryl methyl sites for hydroxylation is 1. The molecule has 10 nitrogen and oxygen atoms in total. The first kappa shape index (κ1) is 21.1. The van der Waals surface area contributed by atoms with Crippen LogP contribution in [0.3, 0.4) is 0 Å². The summed E-state index contributed by atoms with van der Waals surface area (Å²) >= 11 is 0. The molecule has 1 fully saturated rings. The van der Waals surface area contributed by atoms with E-state index in [1.807, 2.05) is 19.1 Å². The minimum absolute atomic E-state index is 0.212. The van der Waals surface area contributed by atoms with E-state index in [0.29, 0.717) is 34.5 Å². The van der Waals surface area contributed by atoms with Crippen molar-refractivity contribution in [3.8, 4) is 6.01 Å². The fourth-order valence-electron chi connectivity index (χ4n) is 4.46. The van der Waals surface area contributed by atoms with E-state index in [1.54, 1.807) is 29.2 Å². The Morgan fingerprint density at radius 3 is 2.70 bits per heavy atom. The van der Waals surface area contributed by atoms with Crippen LogP contribution in [0.2, 0.25) is 0 Å². The average Bonchev–Trinajstić information content (AvgIpc) is 3.21. The number of piperazine rings is 1. The third-order valence-electron chi connectivity index (χ3n) is 5.87. The van der Waals surface area contributed by atoms with Gasteiger partial charge in [0, 0.05) is 54.3 Å². The summed E-state index contributed by atoms with van der Waals surface area (Å²) in [6, 6.07) is 6.54. The fraction of sp³-hybridized carbons (Fsp3) is 0.348. The summed E-state index contributed by atoms with van der Waals surface area (Å²) in [4.78, 5) is 28.9. The van der Waals surface area contributed by atoms with Gasteiger partial charge in [-0.2, -0.15) is 10.1 Å². The SMILES string of the molecule is COc1ncc2c(N3C[C@H](C)N[C@@H](C)C3)ccc(C(=O)Nc3cnn4c(C)ccnc34)c2n1. The number of hydrogen-bond donors (Lipinski definition) is 2. The van der Waals surface area contributed by atoms with Crippen molar-refractivity contribution < 1.29 is 9.53 Å². The molecule has 0 aliphatic carbocycles. The van der Waals surface area contributed by atoms with Crippen molar-refractivity contribution in [2.24, 2.45) is 0 Å². The molecule has 1 saturated heterocycles. The number of rotatable bonds is 4. The van der Waals surface area contributed by atoms with Crippen LogP contribution < -0.4 is 20.3 Å². The van der Waals surface area contributed by atoms with E-state index in [2.05, 4.69) is 49.4 Å². The normalized spacial score (nSPS) is 18.6. The molecule has 4 heterocycles.